The highest BCUT2D eigenvalue weighted by atomic mass is 32.2. The van der Waals surface area contributed by atoms with Crippen molar-refractivity contribution >= 4 is 23.0 Å². The molecule has 0 aliphatic rings. The first-order chi connectivity index (χ1) is 12.6. The lowest BCUT2D eigenvalue weighted by atomic mass is 10.0. The fourth-order valence-corrected chi connectivity index (χ4v) is 3.28. The largest absolute Gasteiger partial charge is 0.425 e. The second-order valence-electron chi connectivity index (χ2n) is 6.85. The van der Waals surface area contributed by atoms with Gasteiger partial charge >= 0.3 is 11.3 Å². The molecule has 0 aliphatic carbocycles. The Balaban J connectivity index is 3.34. The molecule has 0 heterocycles. The average Bonchev–Trinajstić information content (AvgIpc) is 2.59. The van der Waals surface area contributed by atoms with Crippen LogP contribution in [0.15, 0.2) is 0 Å². The topological polar surface area (TPSA) is 52.6 Å². The summed E-state index contributed by atoms with van der Waals surface area (Å²) >= 11 is 1.07. The zero-order valence-electron chi connectivity index (χ0n) is 17.2. The summed E-state index contributed by atoms with van der Waals surface area (Å²) in [5, 5.41) is -0.395. The summed E-state index contributed by atoms with van der Waals surface area (Å²) < 4.78 is 10.0. The van der Waals surface area contributed by atoms with Crippen LogP contribution in [-0.2, 0) is 14.3 Å². The minimum atomic E-state index is -0.795. The summed E-state index contributed by atoms with van der Waals surface area (Å²) in [5.74, 6) is 0.369. The number of rotatable bonds is 17. The van der Waals surface area contributed by atoms with Crippen molar-refractivity contribution in [2.45, 2.75) is 117 Å². The third-order valence-corrected chi connectivity index (χ3v) is 4.93. The zero-order valence-corrected chi connectivity index (χ0v) is 18.0. The van der Waals surface area contributed by atoms with E-state index < -0.39 is 11.6 Å². The van der Waals surface area contributed by atoms with Crippen molar-refractivity contribution < 1.29 is 19.1 Å². The lowest BCUT2D eigenvalue weighted by Gasteiger charge is -2.13. The van der Waals surface area contributed by atoms with Crippen LogP contribution in [0.2, 0.25) is 0 Å². The van der Waals surface area contributed by atoms with E-state index >= 15 is 0 Å². The molecule has 0 spiro atoms. The van der Waals surface area contributed by atoms with Gasteiger partial charge < -0.3 is 9.47 Å². The van der Waals surface area contributed by atoms with Crippen LogP contribution in [0, 0.1) is 0 Å². The van der Waals surface area contributed by atoms with Crippen molar-refractivity contribution in [1.82, 2.24) is 0 Å². The zero-order chi connectivity index (χ0) is 19.5. The molecule has 0 radical (unpaired) electrons. The van der Waals surface area contributed by atoms with Crippen LogP contribution < -0.4 is 0 Å². The molecular formula is C21H40O4S. The Morgan fingerprint density at radius 1 is 0.731 bits per heavy atom. The van der Waals surface area contributed by atoms with E-state index in [9.17, 15) is 9.59 Å². The molecule has 4 nitrogen and oxygen atoms in total. The number of carbonyl (C=O) groups is 2. The van der Waals surface area contributed by atoms with Gasteiger partial charge in [-0.3, -0.25) is 4.79 Å². The van der Waals surface area contributed by atoms with Gasteiger partial charge in [0.15, 0.2) is 0 Å². The molecule has 26 heavy (non-hydrogen) atoms. The Morgan fingerprint density at radius 2 is 1.19 bits per heavy atom. The van der Waals surface area contributed by atoms with Gasteiger partial charge in [-0.15, -0.1) is 0 Å². The normalized spacial score (nSPS) is 12.0. The molecule has 0 amide bonds. The molecule has 5 heteroatoms. The van der Waals surface area contributed by atoms with Crippen molar-refractivity contribution in [3.05, 3.63) is 0 Å². The van der Waals surface area contributed by atoms with E-state index in [0.717, 1.165) is 24.6 Å². The van der Waals surface area contributed by atoms with E-state index in [1.807, 2.05) is 6.92 Å². The van der Waals surface area contributed by atoms with Gasteiger partial charge in [-0.2, -0.15) is 0 Å². The van der Waals surface area contributed by atoms with E-state index in [1.165, 1.54) is 70.6 Å². The summed E-state index contributed by atoms with van der Waals surface area (Å²) in [5.41, 5.74) is 0. The number of thioether (sulfide) groups is 1. The molecule has 0 rings (SSSR count). The van der Waals surface area contributed by atoms with Gasteiger partial charge in [-0.25, -0.2) is 4.79 Å². The summed E-state index contributed by atoms with van der Waals surface area (Å²) in [6.45, 7) is 5.71. The average molecular weight is 389 g/mol. The second-order valence-corrected chi connectivity index (χ2v) is 8.05. The summed E-state index contributed by atoms with van der Waals surface area (Å²) in [4.78, 5) is 22.9. The van der Waals surface area contributed by atoms with Crippen LogP contribution in [0.3, 0.4) is 0 Å². The monoisotopic (exact) mass is 388 g/mol. The maximum Gasteiger partial charge on any atom is 0.370 e. The van der Waals surface area contributed by atoms with Crippen molar-refractivity contribution in [1.29, 1.82) is 0 Å². The van der Waals surface area contributed by atoms with Gasteiger partial charge in [0.05, 0.1) is 0 Å². The Kier molecular flexibility index (Phi) is 18.5. The third kappa shape index (κ3) is 18.1. The Morgan fingerprint density at radius 3 is 1.65 bits per heavy atom. The number of hydrogen-bond acceptors (Lipinski definition) is 5. The molecule has 154 valence electrons. The first kappa shape index (κ1) is 25.3. The molecule has 1 atom stereocenters. The van der Waals surface area contributed by atoms with Gasteiger partial charge in [-0.1, -0.05) is 90.9 Å². The minimum Gasteiger partial charge on any atom is -0.425 e. The Bertz CT molecular complexity index is 347. The predicted molar refractivity (Wildman–Crippen MR) is 110 cm³/mol. The number of ether oxygens (including phenoxy) is 2. The first-order valence-corrected chi connectivity index (χ1v) is 11.6. The number of hydrogen-bond donors (Lipinski definition) is 0. The second kappa shape index (κ2) is 19.1. The van der Waals surface area contributed by atoms with Crippen LogP contribution in [0.5, 0.6) is 0 Å². The molecular weight excluding hydrogens is 348 g/mol. The van der Waals surface area contributed by atoms with Gasteiger partial charge in [0.25, 0.3) is 0 Å². The van der Waals surface area contributed by atoms with Gasteiger partial charge in [0.2, 0.25) is 6.29 Å². The quantitative estimate of drug-likeness (QED) is 0.149. The van der Waals surface area contributed by atoms with Crippen molar-refractivity contribution in [3.8, 4) is 0 Å². The molecule has 0 fully saturated rings. The van der Waals surface area contributed by atoms with Crippen LogP contribution in [-0.4, -0.2) is 23.3 Å². The summed E-state index contributed by atoms with van der Waals surface area (Å²) in [6, 6.07) is 0. The highest BCUT2D eigenvalue weighted by Crippen LogP contribution is 2.13. The van der Waals surface area contributed by atoms with Crippen molar-refractivity contribution in [3.63, 3.8) is 0 Å². The van der Waals surface area contributed by atoms with E-state index in [-0.39, 0.29) is 5.97 Å². The highest BCUT2D eigenvalue weighted by Gasteiger charge is 2.13. The van der Waals surface area contributed by atoms with Crippen molar-refractivity contribution in [2.75, 3.05) is 5.75 Å². The highest BCUT2D eigenvalue weighted by molar-refractivity contribution is 8.13. The van der Waals surface area contributed by atoms with Crippen LogP contribution in [0.1, 0.15) is 111 Å². The Labute approximate surface area is 165 Å². The molecule has 0 aromatic carbocycles. The van der Waals surface area contributed by atoms with E-state index in [0.29, 0.717) is 12.2 Å². The van der Waals surface area contributed by atoms with Crippen LogP contribution >= 0.6 is 11.8 Å². The Hall–Kier alpha value is -0.710. The van der Waals surface area contributed by atoms with E-state index in [4.69, 9.17) is 9.47 Å². The van der Waals surface area contributed by atoms with Crippen molar-refractivity contribution in [2.24, 2.45) is 0 Å². The molecule has 0 aromatic heterocycles. The number of esters is 1. The predicted octanol–water partition coefficient (Wildman–Crippen LogP) is 7.25. The maximum atomic E-state index is 11.7. The fourth-order valence-electron chi connectivity index (χ4n) is 2.84. The van der Waals surface area contributed by atoms with Gasteiger partial charge in [0, 0.05) is 19.1 Å². The smallest absolute Gasteiger partial charge is 0.370 e. The molecule has 0 saturated heterocycles. The standard InChI is InChI=1S/C21H40O4S/c1-4-6-7-8-9-10-11-12-13-14-15-16-17-18-20(22)24-19(3)25-21(23)26-5-2/h19H,4-18H2,1-3H3. The minimum absolute atomic E-state index is 0.283. The number of carbonyl (C=O) groups excluding carboxylic acids is 2. The first-order valence-electron chi connectivity index (χ1n) is 10.6. The van der Waals surface area contributed by atoms with E-state index in [2.05, 4.69) is 6.92 Å². The maximum absolute atomic E-state index is 11.7. The lowest BCUT2D eigenvalue weighted by Crippen LogP contribution is -2.19. The van der Waals surface area contributed by atoms with Gasteiger partial charge in [0.1, 0.15) is 0 Å². The van der Waals surface area contributed by atoms with Crippen LogP contribution in [0.25, 0.3) is 0 Å². The molecule has 0 bridgehead atoms. The van der Waals surface area contributed by atoms with Gasteiger partial charge in [-0.05, 0) is 18.2 Å². The molecule has 0 N–H and O–H groups in total. The SMILES string of the molecule is CCCCCCCCCCCCCCCC(=O)OC(C)OC(=O)SCC. The fraction of sp³-hybridized carbons (Fsp3) is 0.905. The summed E-state index contributed by atoms with van der Waals surface area (Å²) in [6.07, 6.45) is 16.3. The van der Waals surface area contributed by atoms with E-state index in [1.54, 1.807) is 6.92 Å². The number of unbranched alkanes of at least 4 members (excludes halogenated alkanes) is 12. The summed E-state index contributed by atoms with van der Waals surface area (Å²) in [7, 11) is 0. The molecule has 0 aromatic rings. The molecule has 0 aliphatic heterocycles. The third-order valence-electron chi connectivity index (χ3n) is 4.31. The lowest BCUT2D eigenvalue weighted by molar-refractivity contribution is -0.163. The van der Waals surface area contributed by atoms with Crippen LogP contribution in [0.4, 0.5) is 4.79 Å². The molecule has 0 saturated carbocycles. The molecule has 1 unspecified atom stereocenters.